The quantitative estimate of drug-likeness (QED) is 0.533. The van der Waals surface area contributed by atoms with Crippen molar-refractivity contribution in [3.05, 3.63) is 71.5 Å². The Morgan fingerprint density at radius 1 is 1.19 bits per heavy atom. The molecule has 2 aliphatic heterocycles. The van der Waals surface area contributed by atoms with Gasteiger partial charge in [0.15, 0.2) is 0 Å². The van der Waals surface area contributed by atoms with E-state index in [-0.39, 0.29) is 18.1 Å². The average Bonchev–Trinajstić information content (AvgIpc) is 3.33. The highest BCUT2D eigenvalue weighted by Gasteiger charge is 2.35. The highest BCUT2D eigenvalue weighted by atomic mass is 35.5. The zero-order chi connectivity index (χ0) is 22.1. The zero-order valence-corrected chi connectivity index (χ0v) is 18.9. The monoisotopic (exact) mass is 450 g/mol. The number of ether oxygens (including phenoxy) is 1. The molecule has 7 heteroatoms. The van der Waals surface area contributed by atoms with Crippen LogP contribution in [0.5, 0.6) is 0 Å². The van der Waals surface area contributed by atoms with Gasteiger partial charge >= 0.3 is 0 Å². The number of rotatable bonds is 4. The highest BCUT2D eigenvalue weighted by molar-refractivity contribution is 6.29. The van der Waals surface area contributed by atoms with Crippen LogP contribution in [0.4, 0.5) is 0 Å². The maximum atomic E-state index is 13.5. The van der Waals surface area contributed by atoms with E-state index >= 15 is 0 Å². The van der Waals surface area contributed by atoms with Crippen LogP contribution < -0.4 is 0 Å². The molecule has 2 aliphatic rings. The van der Waals surface area contributed by atoms with Crippen molar-refractivity contribution in [1.82, 2.24) is 19.4 Å². The number of hydrogen-bond acceptors (Lipinski definition) is 4. The SMILES string of the molecule is C[C@@H](c1ccccc1-c1ccc(Cl)nc1)n1cncc1C(=O)N1CCC2CCCO[C@@H]2C1. The van der Waals surface area contributed by atoms with Gasteiger partial charge in [0.25, 0.3) is 5.91 Å². The summed E-state index contributed by atoms with van der Waals surface area (Å²) >= 11 is 5.98. The lowest BCUT2D eigenvalue weighted by atomic mass is 9.87. The van der Waals surface area contributed by atoms with Crippen LogP contribution in [-0.4, -0.2) is 51.1 Å². The first-order chi connectivity index (χ1) is 15.6. The number of hydrogen-bond donors (Lipinski definition) is 0. The molecule has 166 valence electrons. The molecule has 1 amide bonds. The minimum atomic E-state index is -0.0770. The third-order valence-electron chi connectivity index (χ3n) is 6.79. The zero-order valence-electron chi connectivity index (χ0n) is 18.2. The molecular formula is C25H27ClN4O2. The number of piperidine rings is 1. The van der Waals surface area contributed by atoms with E-state index in [4.69, 9.17) is 16.3 Å². The van der Waals surface area contributed by atoms with Gasteiger partial charge in [0.1, 0.15) is 10.8 Å². The predicted molar refractivity (Wildman–Crippen MR) is 124 cm³/mol. The third kappa shape index (κ3) is 4.05. The average molecular weight is 451 g/mol. The Bertz CT molecular complexity index is 1100. The van der Waals surface area contributed by atoms with E-state index in [1.165, 1.54) is 6.42 Å². The summed E-state index contributed by atoms with van der Waals surface area (Å²) in [5.41, 5.74) is 3.75. The van der Waals surface area contributed by atoms with Gasteiger partial charge in [-0.25, -0.2) is 9.97 Å². The van der Waals surface area contributed by atoms with Gasteiger partial charge in [-0.1, -0.05) is 35.9 Å². The van der Waals surface area contributed by atoms with E-state index in [1.54, 1.807) is 24.8 Å². The number of fused-ring (bicyclic) bond motifs is 1. The molecule has 2 fully saturated rings. The lowest BCUT2D eigenvalue weighted by Gasteiger charge is -2.41. The largest absolute Gasteiger partial charge is 0.376 e. The number of nitrogens with zero attached hydrogens (tertiary/aromatic N) is 4. The van der Waals surface area contributed by atoms with Crippen LogP contribution in [0.1, 0.15) is 48.3 Å². The van der Waals surface area contributed by atoms with Crippen LogP contribution in [0.2, 0.25) is 5.15 Å². The van der Waals surface area contributed by atoms with Gasteiger partial charge in [-0.2, -0.15) is 0 Å². The summed E-state index contributed by atoms with van der Waals surface area (Å²) in [7, 11) is 0. The molecule has 2 aromatic heterocycles. The fraction of sp³-hybridized carbons (Fsp3) is 0.400. The highest BCUT2D eigenvalue weighted by Crippen LogP contribution is 2.32. The summed E-state index contributed by atoms with van der Waals surface area (Å²) in [4.78, 5) is 24.0. The smallest absolute Gasteiger partial charge is 0.272 e. The van der Waals surface area contributed by atoms with Crippen molar-refractivity contribution in [3.63, 3.8) is 0 Å². The van der Waals surface area contributed by atoms with Crippen molar-refractivity contribution in [2.24, 2.45) is 5.92 Å². The minimum Gasteiger partial charge on any atom is -0.376 e. The number of likely N-dealkylation sites (tertiary alicyclic amines) is 1. The van der Waals surface area contributed by atoms with Crippen LogP contribution in [0, 0.1) is 5.92 Å². The molecule has 32 heavy (non-hydrogen) atoms. The first-order valence-corrected chi connectivity index (χ1v) is 11.6. The molecule has 0 saturated carbocycles. The number of carbonyl (C=O) groups is 1. The molecule has 4 heterocycles. The number of carbonyl (C=O) groups excluding carboxylic acids is 1. The lowest BCUT2D eigenvalue weighted by Crippen LogP contribution is -2.49. The van der Waals surface area contributed by atoms with Gasteiger partial charge in [-0.3, -0.25) is 4.79 Å². The van der Waals surface area contributed by atoms with Gasteiger partial charge in [0, 0.05) is 31.5 Å². The maximum absolute atomic E-state index is 13.5. The Balaban J connectivity index is 1.41. The van der Waals surface area contributed by atoms with E-state index in [0.717, 1.165) is 42.7 Å². The maximum Gasteiger partial charge on any atom is 0.272 e. The molecule has 0 N–H and O–H groups in total. The molecule has 0 aliphatic carbocycles. The standard InChI is InChI=1S/C25H27ClN4O2/c1-17(20-6-2-3-7-21(20)19-8-9-24(26)28-13-19)30-16-27-14-22(30)25(31)29-11-10-18-5-4-12-32-23(18)15-29/h2-3,6-9,13-14,16-18,23H,4-5,10-12,15H2,1H3/t17-,18?,23+/m0/s1. The van der Waals surface area contributed by atoms with Gasteiger partial charge in [-0.15, -0.1) is 0 Å². The third-order valence-corrected chi connectivity index (χ3v) is 7.01. The van der Waals surface area contributed by atoms with Gasteiger partial charge in [0.2, 0.25) is 0 Å². The van der Waals surface area contributed by atoms with Crippen LogP contribution in [-0.2, 0) is 4.74 Å². The van der Waals surface area contributed by atoms with E-state index in [9.17, 15) is 4.79 Å². The summed E-state index contributed by atoms with van der Waals surface area (Å²) in [6.07, 6.45) is 8.71. The minimum absolute atomic E-state index is 0.0209. The Hall–Kier alpha value is -2.70. The van der Waals surface area contributed by atoms with Crippen LogP contribution >= 0.6 is 11.6 Å². The van der Waals surface area contributed by atoms with Crippen LogP contribution in [0.25, 0.3) is 11.1 Å². The van der Waals surface area contributed by atoms with Gasteiger partial charge in [0.05, 0.1) is 24.7 Å². The second-order valence-corrected chi connectivity index (χ2v) is 9.06. The van der Waals surface area contributed by atoms with E-state index in [1.807, 2.05) is 27.7 Å². The summed E-state index contributed by atoms with van der Waals surface area (Å²) in [5, 5.41) is 0.465. The first-order valence-electron chi connectivity index (χ1n) is 11.3. The van der Waals surface area contributed by atoms with Gasteiger partial charge in [-0.05, 0) is 55.4 Å². The van der Waals surface area contributed by atoms with Crippen molar-refractivity contribution in [2.45, 2.75) is 38.3 Å². The number of imidazole rings is 1. The Labute approximate surface area is 193 Å². The Kier molecular flexibility index (Phi) is 5.98. The molecule has 3 aromatic rings. The molecule has 3 atom stereocenters. The number of pyridine rings is 1. The van der Waals surface area contributed by atoms with E-state index < -0.39 is 0 Å². The second kappa shape index (κ2) is 9.04. The second-order valence-electron chi connectivity index (χ2n) is 8.67. The van der Waals surface area contributed by atoms with E-state index in [2.05, 4.69) is 29.0 Å². The summed E-state index contributed by atoms with van der Waals surface area (Å²) in [6.45, 7) is 4.33. The van der Waals surface area contributed by atoms with Crippen molar-refractivity contribution in [1.29, 1.82) is 0 Å². The molecule has 0 radical (unpaired) electrons. The number of aromatic nitrogens is 3. The molecule has 6 nitrogen and oxygen atoms in total. The topological polar surface area (TPSA) is 60.2 Å². The number of benzene rings is 1. The van der Waals surface area contributed by atoms with Crippen molar-refractivity contribution < 1.29 is 9.53 Å². The summed E-state index contributed by atoms with van der Waals surface area (Å²) in [6, 6.07) is 11.9. The van der Waals surface area contributed by atoms with Crippen molar-refractivity contribution in [3.8, 4) is 11.1 Å². The fourth-order valence-electron chi connectivity index (χ4n) is 5.00. The Morgan fingerprint density at radius 3 is 2.91 bits per heavy atom. The van der Waals surface area contributed by atoms with Crippen LogP contribution in [0.15, 0.2) is 55.1 Å². The van der Waals surface area contributed by atoms with Gasteiger partial charge < -0.3 is 14.2 Å². The van der Waals surface area contributed by atoms with Crippen LogP contribution in [0.3, 0.4) is 0 Å². The number of amides is 1. The first kappa shape index (κ1) is 21.2. The Morgan fingerprint density at radius 2 is 2.06 bits per heavy atom. The summed E-state index contributed by atoms with van der Waals surface area (Å²) < 4.78 is 7.94. The van der Waals surface area contributed by atoms with E-state index in [0.29, 0.717) is 23.3 Å². The molecule has 1 unspecified atom stereocenters. The molecule has 5 rings (SSSR count). The molecular weight excluding hydrogens is 424 g/mol. The summed E-state index contributed by atoms with van der Waals surface area (Å²) in [5.74, 6) is 0.601. The lowest BCUT2D eigenvalue weighted by molar-refractivity contribution is -0.0629. The molecule has 0 spiro atoms. The number of halogens is 1. The van der Waals surface area contributed by atoms with Crippen molar-refractivity contribution in [2.75, 3.05) is 19.7 Å². The molecule has 1 aromatic carbocycles. The molecule has 0 bridgehead atoms. The normalized spacial score (nSPS) is 21.8. The molecule has 2 saturated heterocycles. The fourth-order valence-corrected chi connectivity index (χ4v) is 5.11. The predicted octanol–water partition coefficient (Wildman–Crippen LogP) is 4.85. The van der Waals surface area contributed by atoms with Crippen molar-refractivity contribution >= 4 is 17.5 Å².